The highest BCUT2D eigenvalue weighted by atomic mass is 15.1. The molecule has 0 N–H and O–H groups in total. The van der Waals surface area contributed by atoms with Crippen LogP contribution in [0.1, 0.15) is 46.7 Å². The molecule has 9 aromatic carbocycles. The molecule has 1 heteroatoms. The van der Waals surface area contributed by atoms with Gasteiger partial charge >= 0.3 is 0 Å². The number of allylic oxidation sites excluding steroid dienone is 5. The van der Waals surface area contributed by atoms with E-state index in [4.69, 9.17) is 0 Å². The van der Waals surface area contributed by atoms with E-state index in [1.54, 1.807) is 0 Å². The van der Waals surface area contributed by atoms with Crippen LogP contribution in [0.15, 0.2) is 261 Å². The summed E-state index contributed by atoms with van der Waals surface area (Å²) in [5.74, 6) is 0. The highest BCUT2D eigenvalue weighted by Gasteiger charge is 2.46. The largest absolute Gasteiger partial charge is 0.314 e. The van der Waals surface area contributed by atoms with E-state index in [0.717, 1.165) is 23.5 Å². The zero-order chi connectivity index (χ0) is 44.2. The molecule has 0 amide bonds. The number of rotatable bonds is 12. The summed E-state index contributed by atoms with van der Waals surface area (Å²) in [6.07, 6.45) is 7.28. The van der Waals surface area contributed by atoms with Crippen molar-refractivity contribution in [1.29, 1.82) is 0 Å². The lowest BCUT2D eigenvalue weighted by atomic mass is 9.67. The van der Waals surface area contributed by atoms with Crippen LogP contribution < -0.4 is 4.90 Å². The van der Waals surface area contributed by atoms with Crippen molar-refractivity contribution >= 4 is 16.9 Å². The smallest absolute Gasteiger partial charge is 0.0714 e. The van der Waals surface area contributed by atoms with Crippen LogP contribution in [0.5, 0.6) is 0 Å². The molecule has 0 saturated carbocycles. The van der Waals surface area contributed by atoms with E-state index in [2.05, 4.69) is 268 Å². The van der Waals surface area contributed by atoms with E-state index < -0.39 is 5.41 Å². The van der Waals surface area contributed by atoms with Crippen LogP contribution in [0.3, 0.4) is 0 Å². The second-order valence-electron chi connectivity index (χ2n) is 17.0. The molecule has 10 rings (SSSR count). The fraction of sp³-hybridized carbons (Fsp3) is 0.0625. The second-order valence-corrected chi connectivity index (χ2v) is 17.0. The second kappa shape index (κ2) is 18.0. The van der Waals surface area contributed by atoms with E-state index in [1.807, 2.05) is 6.08 Å². The van der Waals surface area contributed by atoms with E-state index in [-0.39, 0.29) is 0 Å². The van der Waals surface area contributed by atoms with Crippen molar-refractivity contribution in [3.05, 3.63) is 294 Å². The van der Waals surface area contributed by atoms with Crippen LogP contribution in [0.2, 0.25) is 0 Å². The van der Waals surface area contributed by atoms with Gasteiger partial charge < -0.3 is 4.90 Å². The van der Waals surface area contributed by atoms with E-state index in [9.17, 15) is 0 Å². The average molecular weight is 834 g/mol. The molecule has 312 valence electrons. The van der Waals surface area contributed by atoms with Crippen molar-refractivity contribution in [1.82, 2.24) is 0 Å². The van der Waals surface area contributed by atoms with Gasteiger partial charge in [0.25, 0.3) is 0 Å². The Morgan fingerprint density at radius 2 is 0.923 bits per heavy atom. The molecular formula is C64H51N. The predicted octanol–water partition coefficient (Wildman–Crippen LogP) is 17.1. The molecule has 0 saturated heterocycles. The molecule has 1 aliphatic carbocycles. The number of benzene rings is 9. The summed E-state index contributed by atoms with van der Waals surface area (Å²) >= 11 is 0. The monoisotopic (exact) mass is 833 g/mol. The Labute approximate surface area is 384 Å². The zero-order valence-electron chi connectivity index (χ0n) is 37.0. The van der Waals surface area contributed by atoms with E-state index in [1.165, 1.54) is 83.5 Å². The van der Waals surface area contributed by atoms with Gasteiger partial charge in [0.2, 0.25) is 0 Å². The normalized spacial score (nSPS) is 14.4. The van der Waals surface area contributed by atoms with Gasteiger partial charge in [0.05, 0.1) is 5.41 Å². The minimum atomic E-state index is -0.602. The molecule has 0 heterocycles. The van der Waals surface area contributed by atoms with Crippen molar-refractivity contribution in [3.63, 3.8) is 0 Å². The van der Waals surface area contributed by atoms with Crippen molar-refractivity contribution in [2.75, 3.05) is 4.90 Å². The molecule has 0 aromatic heterocycles. The number of nitrogens with zero attached hydrogens (tertiary/aromatic N) is 1. The van der Waals surface area contributed by atoms with Gasteiger partial charge in [-0.2, -0.15) is 0 Å². The summed E-state index contributed by atoms with van der Waals surface area (Å²) in [7, 11) is 0. The molecule has 0 fully saturated rings. The van der Waals surface area contributed by atoms with Crippen molar-refractivity contribution < 1.29 is 0 Å². The number of aryl methyl sites for hydroxylation is 1. The SMILES string of the molecule is C=CC/C(=C\C=C(/C)N(c1cccc(-c2ccccc2)c1)c1ccc2c(c1)C(c1ccccc1)(c1ccc(C)cc1)c1cc(-c3ccc(-c4ccccc4)cc3)ccc1-2)c1ccccc1. The first-order valence-corrected chi connectivity index (χ1v) is 22.6. The molecular weight excluding hydrogens is 783 g/mol. The number of fused-ring (bicyclic) bond motifs is 3. The standard InChI is InChI=1S/C64H51N/c1-4-18-48(49-19-9-5-10-20-49)32-31-47(3)65(58-28-17-25-54(43-58)51-23-13-7-14-24-51)59-40-42-61-60-41-37-55(53-35-33-52(34-36-53)50-21-11-6-12-22-50)44-62(60)64(63(61)45-59,56-26-15-8-16-27-56)57-38-29-46(2)30-39-57/h4-17,19-45H,1,18H2,2-3H3/b47-31+,48-32+. The predicted molar refractivity (Wildman–Crippen MR) is 276 cm³/mol. The Balaban J connectivity index is 1.18. The maximum absolute atomic E-state index is 4.11. The summed E-state index contributed by atoms with van der Waals surface area (Å²) in [4.78, 5) is 2.42. The van der Waals surface area contributed by atoms with Crippen molar-refractivity contribution in [3.8, 4) is 44.5 Å². The van der Waals surface area contributed by atoms with Gasteiger partial charge in [0.1, 0.15) is 0 Å². The zero-order valence-corrected chi connectivity index (χ0v) is 37.0. The van der Waals surface area contributed by atoms with Crippen LogP contribution in [-0.2, 0) is 5.41 Å². The molecule has 1 aliphatic rings. The van der Waals surface area contributed by atoms with Crippen molar-refractivity contribution in [2.24, 2.45) is 0 Å². The van der Waals surface area contributed by atoms with Crippen LogP contribution in [0, 0.1) is 6.92 Å². The molecule has 1 unspecified atom stereocenters. The van der Waals surface area contributed by atoms with Crippen LogP contribution in [0.25, 0.3) is 50.1 Å². The molecule has 1 atom stereocenters. The maximum Gasteiger partial charge on any atom is 0.0714 e. The molecule has 0 spiro atoms. The van der Waals surface area contributed by atoms with Gasteiger partial charge in [-0.1, -0.05) is 218 Å². The number of hydrogen-bond acceptors (Lipinski definition) is 1. The quantitative estimate of drug-likeness (QED) is 0.0875. The van der Waals surface area contributed by atoms with E-state index in [0.29, 0.717) is 0 Å². The molecule has 0 bridgehead atoms. The molecule has 0 radical (unpaired) electrons. The Morgan fingerprint density at radius 3 is 1.57 bits per heavy atom. The summed E-state index contributed by atoms with van der Waals surface area (Å²) in [5, 5.41) is 0. The minimum Gasteiger partial charge on any atom is -0.314 e. The lowest BCUT2D eigenvalue weighted by molar-refractivity contribution is 0.768. The highest BCUT2D eigenvalue weighted by molar-refractivity contribution is 5.91. The first-order valence-electron chi connectivity index (χ1n) is 22.6. The Hall–Kier alpha value is -8.00. The van der Waals surface area contributed by atoms with Crippen molar-refractivity contribution in [2.45, 2.75) is 25.7 Å². The fourth-order valence-electron chi connectivity index (χ4n) is 9.79. The summed E-state index contributed by atoms with van der Waals surface area (Å²) in [5.41, 5.74) is 21.1. The summed E-state index contributed by atoms with van der Waals surface area (Å²) < 4.78 is 0. The number of hydrogen-bond donors (Lipinski definition) is 0. The van der Waals surface area contributed by atoms with Crippen LogP contribution in [-0.4, -0.2) is 0 Å². The topological polar surface area (TPSA) is 3.24 Å². The first-order chi connectivity index (χ1) is 32.0. The van der Waals surface area contributed by atoms with Gasteiger partial charge in [-0.3, -0.25) is 0 Å². The minimum absolute atomic E-state index is 0.602. The van der Waals surface area contributed by atoms with E-state index >= 15 is 0 Å². The third-order valence-electron chi connectivity index (χ3n) is 13.0. The van der Waals surface area contributed by atoms with Crippen LogP contribution >= 0.6 is 0 Å². The maximum atomic E-state index is 4.11. The summed E-state index contributed by atoms with van der Waals surface area (Å²) in [6.45, 7) is 8.51. The van der Waals surface area contributed by atoms with Gasteiger partial charge in [-0.25, -0.2) is 0 Å². The third kappa shape index (κ3) is 7.88. The Morgan fingerprint density at radius 1 is 0.446 bits per heavy atom. The Kier molecular flexibility index (Phi) is 11.4. The van der Waals surface area contributed by atoms with Gasteiger partial charge in [0.15, 0.2) is 0 Å². The molecule has 1 nitrogen and oxygen atoms in total. The third-order valence-corrected chi connectivity index (χ3v) is 13.0. The number of anilines is 2. The molecule has 65 heavy (non-hydrogen) atoms. The highest BCUT2D eigenvalue weighted by Crippen LogP contribution is 2.58. The average Bonchev–Trinajstić information content (AvgIpc) is 3.66. The van der Waals surface area contributed by atoms with Crippen LogP contribution in [0.4, 0.5) is 11.4 Å². The lowest BCUT2D eigenvalue weighted by Gasteiger charge is -2.35. The Bertz CT molecular complexity index is 3160. The summed E-state index contributed by atoms with van der Waals surface area (Å²) in [6, 6.07) is 84.5. The molecule has 0 aliphatic heterocycles. The fourth-order valence-corrected chi connectivity index (χ4v) is 9.79. The first kappa shape index (κ1) is 41.0. The van der Waals surface area contributed by atoms with Gasteiger partial charge in [0, 0.05) is 17.1 Å². The van der Waals surface area contributed by atoms with Gasteiger partial charge in [-0.05, 0) is 135 Å². The lowest BCUT2D eigenvalue weighted by Crippen LogP contribution is -2.29. The molecule has 9 aromatic rings. The van der Waals surface area contributed by atoms with Gasteiger partial charge in [-0.15, -0.1) is 6.58 Å².